The van der Waals surface area contributed by atoms with Crippen LogP contribution < -0.4 is 0 Å². The van der Waals surface area contributed by atoms with Crippen LogP contribution in [0.2, 0.25) is 0 Å². The minimum absolute atomic E-state index is 0.00977. The number of hydrogen-bond donors (Lipinski definition) is 0. The van der Waals surface area contributed by atoms with Crippen LogP contribution >= 0.6 is 0 Å². The molecule has 1 amide bonds. The van der Waals surface area contributed by atoms with Gasteiger partial charge in [0.15, 0.2) is 5.82 Å². The first-order valence-electron chi connectivity index (χ1n) is 7.45. The first kappa shape index (κ1) is 13.5. The molecular formula is C14H21N3O3. The Bertz CT molecular complexity index is 468. The molecule has 2 fully saturated rings. The molecule has 2 saturated heterocycles. The van der Waals surface area contributed by atoms with E-state index in [1.807, 2.05) is 4.90 Å². The van der Waals surface area contributed by atoms with E-state index in [0.29, 0.717) is 18.1 Å². The Hall–Kier alpha value is -1.43. The molecule has 0 saturated carbocycles. The average molecular weight is 279 g/mol. The number of carbonyl (C=O) groups is 1. The molecule has 3 heterocycles. The summed E-state index contributed by atoms with van der Waals surface area (Å²) in [6.45, 7) is 3.41. The Balaban J connectivity index is 1.58. The van der Waals surface area contributed by atoms with Crippen molar-refractivity contribution in [2.24, 2.45) is 0 Å². The molecule has 0 aromatic carbocycles. The van der Waals surface area contributed by atoms with Gasteiger partial charge in [0.1, 0.15) is 0 Å². The van der Waals surface area contributed by atoms with Gasteiger partial charge in [-0.05, 0) is 32.1 Å². The monoisotopic (exact) mass is 279 g/mol. The Morgan fingerprint density at radius 1 is 1.40 bits per heavy atom. The number of likely N-dealkylation sites (tertiary alicyclic amines) is 1. The zero-order valence-corrected chi connectivity index (χ0v) is 11.9. The molecule has 20 heavy (non-hydrogen) atoms. The second kappa shape index (κ2) is 5.91. The molecule has 2 aliphatic rings. The van der Waals surface area contributed by atoms with Gasteiger partial charge >= 0.3 is 0 Å². The number of ether oxygens (including phenoxy) is 1. The molecule has 0 bridgehead atoms. The fourth-order valence-electron chi connectivity index (χ4n) is 3.08. The maximum absolute atomic E-state index is 12.4. The molecule has 1 aromatic rings. The maximum Gasteiger partial charge on any atom is 0.223 e. The van der Waals surface area contributed by atoms with E-state index in [9.17, 15) is 4.79 Å². The lowest BCUT2D eigenvalue weighted by atomic mass is 10.1. The van der Waals surface area contributed by atoms with Crippen molar-refractivity contribution in [3.63, 3.8) is 0 Å². The summed E-state index contributed by atoms with van der Waals surface area (Å²) in [5, 5.41) is 3.96. The quantitative estimate of drug-likeness (QED) is 0.843. The van der Waals surface area contributed by atoms with Crippen LogP contribution in [0, 0.1) is 6.92 Å². The Morgan fingerprint density at radius 3 is 3.00 bits per heavy atom. The van der Waals surface area contributed by atoms with E-state index >= 15 is 0 Å². The van der Waals surface area contributed by atoms with Gasteiger partial charge in [-0.1, -0.05) is 5.16 Å². The standard InChI is InChI=1S/C14H21N3O3/c1-10-15-14(16-20-10)12-5-2-8-17(12)13(18)7-6-11-4-3-9-19-11/h11-12H,2-9H2,1H3. The summed E-state index contributed by atoms with van der Waals surface area (Å²) in [7, 11) is 0. The molecule has 0 aliphatic carbocycles. The summed E-state index contributed by atoms with van der Waals surface area (Å²) < 4.78 is 10.6. The average Bonchev–Trinajstić information content (AvgIpc) is 3.16. The minimum atomic E-state index is -0.00977. The van der Waals surface area contributed by atoms with Crippen molar-refractivity contribution in [2.45, 2.75) is 57.6 Å². The van der Waals surface area contributed by atoms with E-state index in [-0.39, 0.29) is 18.1 Å². The molecule has 2 atom stereocenters. The Morgan fingerprint density at radius 2 is 2.30 bits per heavy atom. The maximum atomic E-state index is 12.4. The number of rotatable bonds is 4. The minimum Gasteiger partial charge on any atom is -0.378 e. The summed E-state index contributed by atoms with van der Waals surface area (Å²) in [6, 6.07) is -0.00977. The molecule has 0 spiro atoms. The molecular weight excluding hydrogens is 258 g/mol. The summed E-state index contributed by atoms with van der Waals surface area (Å²) in [6.07, 6.45) is 5.78. The number of aromatic nitrogens is 2. The van der Waals surface area contributed by atoms with Gasteiger partial charge in [0.25, 0.3) is 0 Å². The van der Waals surface area contributed by atoms with Crippen LogP contribution in [0.5, 0.6) is 0 Å². The predicted molar refractivity (Wildman–Crippen MR) is 70.9 cm³/mol. The van der Waals surface area contributed by atoms with Crippen LogP contribution in [0.25, 0.3) is 0 Å². The highest BCUT2D eigenvalue weighted by molar-refractivity contribution is 5.76. The van der Waals surface area contributed by atoms with Gasteiger partial charge in [-0.2, -0.15) is 4.98 Å². The first-order valence-corrected chi connectivity index (χ1v) is 7.45. The number of nitrogens with zero attached hydrogens (tertiary/aromatic N) is 3. The van der Waals surface area contributed by atoms with E-state index in [0.717, 1.165) is 45.3 Å². The molecule has 2 unspecified atom stereocenters. The summed E-state index contributed by atoms with van der Waals surface area (Å²) >= 11 is 0. The van der Waals surface area contributed by atoms with Crippen LogP contribution in [0.1, 0.15) is 56.3 Å². The zero-order valence-electron chi connectivity index (χ0n) is 11.9. The fraction of sp³-hybridized carbons (Fsp3) is 0.786. The van der Waals surface area contributed by atoms with Crippen LogP contribution in [-0.2, 0) is 9.53 Å². The van der Waals surface area contributed by atoms with Crippen LogP contribution in [-0.4, -0.2) is 40.2 Å². The molecule has 0 radical (unpaired) electrons. The lowest BCUT2D eigenvalue weighted by Gasteiger charge is -2.22. The van der Waals surface area contributed by atoms with E-state index in [1.54, 1.807) is 6.92 Å². The molecule has 3 rings (SSSR count). The molecule has 1 aromatic heterocycles. The summed E-state index contributed by atoms with van der Waals surface area (Å²) in [5.41, 5.74) is 0. The van der Waals surface area contributed by atoms with Crippen LogP contribution in [0.3, 0.4) is 0 Å². The van der Waals surface area contributed by atoms with E-state index < -0.39 is 0 Å². The Labute approximate surface area is 118 Å². The van der Waals surface area contributed by atoms with Crippen molar-refractivity contribution in [1.29, 1.82) is 0 Å². The predicted octanol–water partition coefficient (Wildman–Crippen LogP) is 2.00. The highest BCUT2D eigenvalue weighted by Gasteiger charge is 2.33. The van der Waals surface area contributed by atoms with Gasteiger partial charge in [0.2, 0.25) is 11.8 Å². The van der Waals surface area contributed by atoms with Gasteiger partial charge in [-0.3, -0.25) is 4.79 Å². The third-order valence-corrected chi connectivity index (χ3v) is 4.12. The van der Waals surface area contributed by atoms with Crippen molar-refractivity contribution in [1.82, 2.24) is 15.0 Å². The smallest absolute Gasteiger partial charge is 0.223 e. The SMILES string of the molecule is Cc1nc(C2CCCN2C(=O)CCC2CCCO2)no1. The van der Waals surface area contributed by atoms with Gasteiger partial charge in [0, 0.05) is 26.5 Å². The van der Waals surface area contributed by atoms with Crippen LogP contribution in [0.4, 0.5) is 0 Å². The molecule has 6 nitrogen and oxygen atoms in total. The molecule has 110 valence electrons. The number of carbonyl (C=O) groups excluding carboxylic acids is 1. The van der Waals surface area contributed by atoms with Crippen molar-refractivity contribution in [3.05, 3.63) is 11.7 Å². The second-order valence-corrected chi connectivity index (χ2v) is 5.59. The van der Waals surface area contributed by atoms with Crippen molar-refractivity contribution in [3.8, 4) is 0 Å². The number of aryl methyl sites for hydroxylation is 1. The van der Waals surface area contributed by atoms with E-state index in [1.165, 1.54) is 0 Å². The highest BCUT2D eigenvalue weighted by Crippen LogP contribution is 2.31. The normalized spacial score (nSPS) is 26.4. The van der Waals surface area contributed by atoms with Crippen molar-refractivity contribution < 1.29 is 14.1 Å². The van der Waals surface area contributed by atoms with Crippen molar-refractivity contribution in [2.75, 3.05) is 13.2 Å². The van der Waals surface area contributed by atoms with Crippen molar-refractivity contribution >= 4 is 5.91 Å². The van der Waals surface area contributed by atoms with Gasteiger partial charge < -0.3 is 14.2 Å². The third-order valence-electron chi connectivity index (χ3n) is 4.12. The first-order chi connectivity index (χ1) is 9.74. The largest absolute Gasteiger partial charge is 0.378 e. The molecule has 2 aliphatic heterocycles. The van der Waals surface area contributed by atoms with Gasteiger partial charge in [-0.15, -0.1) is 0 Å². The van der Waals surface area contributed by atoms with Gasteiger partial charge in [0.05, 0.1) is 12.1 Å². The second-order valence-electron chi connectivity index (χ2n) is 5.59. The van der Waals surface area contributed by atoms with E-state index in [4.69, 9.17) is 9.26 Å². The summed E-state index contributed by atoms with van der Waals surface area (Å²) in [4.78, 5) is 18.5. The highest BCUT2D eigenvalue weighted by atomic mass is 16.5. The Kier molecular flexibility index (Phi) is 4.00. The lowest BCUT2D eigenvalue weighted by molar-refractivity contribution is -0.132. The van der Waals surface area contributed by atoms with Gasteiger partial charge in [-0.25, -0.2) is 0 Å². The number of amides is 1. The third kappa shape index (κ3) is 2.85. The topological polar surface area (TPSA) is 68.5 Å². The summed E-state index contributed by atoms with van der Waals surface area (Å²) in [5.74, 6) is 1.38. The lowest BCUT2D eigenvalue weighted by Crippen LogP contribution is -2.31. The zero-order chi connectivity index (χ0) is 13.9. The molecule has 6 heteroatoms. The number of hydrogen-bond acceptors (Lipinski definition) is 5. The fourth-order valence-corrected chi connectivity index (χ4v) is 3.08. The molecule has 0 N–H and O–H groups in total. The van der Waals surface area contributed by atoms with E-state index in [2.05, 4.69) is 10.1 Å². The van der Waals surface area contributed by atoms with Crippen LogP contribution in [0.15, 0.2) is 4.52 Å².